The summed E-state index contributed by atoms with van der Waals surface area (Å²) in [5, 5.41) is 0. The molecular weight excluding hydrogens is 296 g/mol. The summed E-state index contributed by atoms with van der Waals surface area (Å²) in [4.78, 5) is 25.5. The largest absolute Gasteiger partial charge is 0.467 e. The molecule has 2 aromatic rings. The van der Waals surface area contributed by atoms with Crippen LogP contribution in [0.2, 0.25) is 0 Å². The molecule has 0 fully saturated rings. The van der Waals surface area contributed by atoms with Crippen LogP contribution in [0.3, 0.4) is 0 Å². The van der Waals surface area contributed by atoms with Crippen LogP contribution in [0.25, 0.3) is 0 Å². The van der Waals surface area contributed by atoms with Gasteiger partial charge in [0.2, 0.25) is 5.91 Å². The van der Waals surface area contributed by atoms with Gasteiger partial charge < -0.3 is 14.9 Å². The molecule has 0 saturated carbocycles. The first-order chi connectivity index (χ1) is 11.1. The summed E-state index contributed by atoms with van der Waals surface area (Å²) in [6, 6.07) is 9.10. The standard InChI is InChI=1S/C17H18N2O4/c1-22-17(21)13-6-7-23-15(13)10-19-9-12-5-3-2-4-11(12)8-14(19)16(18)20/h2-7,14H,8-10H2,1H3,(H2,18,20)/t14-/m0/s1. The number of ether oxygens (including phenoxy) is 1. The Labute approximate surface area is 133 Å². The fraction of sp³-hybridized carbons (Fsp3) is 0.294. The fourth-order valence-corrected chi connectivity index (χ4v) is 2.96. The van der Waals surface area contributed by atoms with E-state index in [0.29, 0.717) is 30.8 Å². The third-order valence-electron chi connectivity index (χ3n) is 4.17. The van der Waals surface area contributed by atoms with Crippen LogP contribution < -0.4 is 5.73 Å². The topological polar surface area (TPSA) is 85.8 Å². The molecule has 1 aliphatic rings. The Bertz CT molecular complexity index is 738. The van der Waals surface area contributed by atoms with E-state index in [2.05, 4.69) is 0 Å². The molecule has 3 rings (SSSR count). The second-order valence-corrected chi connectivity index (χ2v) is 5.55. The predicted molar refractivity (Wildman–Crippen MR) is 82.4 cm³/mol. The van der Waals surface area contributed by atoms with Crippen LogP contribution in [0.5, 0.6) is 0 Å². The molecule has 0 spiro atoms. The molecule has 2 heterocycles. The molecule has 1 atom stereocenters. The van der Waals surface area contributed by atoms with Crippen molar-refractivity contribution in [3.05, 3.63) is 59.0 Å². The Morgan fingerprint density at radius 1 is 1.30 bits per heavy atom. The number of carbonyl (C=O) groups is 2. The van der Waals surface area contributed by atoms with Crippen LogP contribution in [0, 0.1) is 0 Å². The van der Waals surface area contributed by atoms with Crippen molar-refractivity contribution < 1.29 is 18.7 Å². The Morgan fingerprint density at radius 2 is 2.04 bits per heavy atom. The molecule has 0 radical (unpaired) electrons. The van der Waals surface area contributed by atoms with Crippen molar-refractivity contribution in [3.63, 3.8) is 0 Å². The number of benzene rings is 1. The van der Waals surface area contributed by atoms with Crippen molar-refractivity contribution in [3.8, 4) is 0 Å². The maximum absolute atomic E-state index is 11.8. The Balaban J connectivity index is 1.88. The lowest BCUT2D eigenvalue weighted by atomic mass is 9.93. The SMILES string of the molecule is COC(=O)c1ccoc1CN1Cc2ccccc2C[C@H]1C(N)=O. The van der Waals surface area contributed by atoms with E-state index in [-0.39, 0.29) is 5.91 Å². The number of methoxy groups -OCH3 is 1. The van der Waals surface area contributed by atoms with Crippen LogP contribution in [-0.2, 0) is 29.0 Å². The number of hydrogen-bond acceptors (Lipinski definition) is 5. The number of primary amides is 1. The second kappa shape index (κ2) is 6.26. The summed E-state index contributed by atoms with van der Waals surface area (Å²) in [5.41, 5.74) is 8.21. The van der Waals surface area contributed by atoms with Gasteiger partial charge in [0.15, 0.2) is 0 Å². The van der Waals surface area contributed by atoms with Crippen molar-refractivity contribution in [2.24, 2.45) is 5.73 Å². The highest BCUT2D eigenvalue weighted by Crippen LogP contribution is 2.26. The molecule has 1 amide bonds. The van der Waals surface area contributed by atoms with Gasteiger partial charge in [-0.15, -0.1) is 0 Å². The number of fused-ring (bicyclic) bond motifs is 1. The number of esters is 1. The number of nitrogens with two attached hydrogens (primary N) is 1. The fourth-order valence-electron chi connectivity index (χ4n) is 2.96. The monoisotopic (exact) mass is 314 g/mol. The number of hydrogen-bond donors (Lipinski definition) is 1. The lowest BCUT2D eigenvalue weighted by molar-refractivity contribution is -0.124. The molecular formula is C17H18N2O4. The minimum atomic E-state index is -0.457. The third kappa shape index (κ3) is 2.98. The molecule has 23 heavy (non-hydrogen) atoms. The molecule has 1 aromatic heterocycles. The van der Waals surface area contributed by atoms with Crippen molar-refractivity contribution >= 4 is 11.9 Å². The Hall–Kier alpha value is -2.60. The van der Waals surface area contributed by atoms with Crippen molar-refractivity contribution in [2.75, 3.05) is 7.11 Å². The van der Waals surface area contributed by atoms with Crippen LogP contribution in [0.1, 0.15) is 27.2 Å². The lowest BCUT2D eigenvalue weighted by Gasteiger charge is -2.34. The van der Waals surface area contributed by atoms with E-state index in [1.165, 1.54) is 13.4 Å². The van der Waals surface area contributed by atoms with Crippen LogP contribution >= 0.6 is 0 Å². The summed E-state index contributed by atoms with van der Waals surface area (Å²) in [6.45, 7) is 0.893. The summed E-state index contributed by atoms with van der Waals surface area (Å²) in [6.07, 6.45) is 2.00. The van der Waals surface area contributed by atoms with Gasteiger partial charge in [-0.1, -0.05) is 24.3 Å². The normalized spacial score (nSPS) is 17.5. The minimum Gasteiger partial charge on any atom is -0.467 e. The Kier molecular flexibility index (Phi) is 4.16. The number of carbonyl (C=O) groups excluding carboxylic acids is 2. The van der Waals surface area contributed by atoms with E-state index >= 15 is 0 Å². The van der Waals surface area contributed by atoms with Crippen LogP contribution in [0.4, 0.5) is 0 Å². The van der Waals surface area contributed by atoms with Gasteiger partial charge in [-0.25, -0.2) is 4.79 Å². The van der Waals surface area contributed by atoms with E-state index in [4.69, 9.17) is 14.9 Å². The average molecular weight is 314 g/mol. The molecule has 120 valence electrons. The number of amides is 1. The van der Waals surface area contributed by atoms with Gasteiger partial charge >= 0.3 is 5.97 Å². The highest BCUT2D eigenvalue weighted by molar-refractivity contribution is 5.90. The summed E-state index contributed by atoms with van der Waals surface area (Å²) in [7, 11) is 1.32. The molecule has 0 unspecified atom stereocenters. The maximum Gasteiger partial charge on any atom is 0.341 e. The first-order valence-electron chi connectivity index (χ1n) is 7.35. The minimum absolute atomic E-state index is 0.319. The smallest absolute Gasteiger partial charge is 0.341 e. The zero-order valence-corrected chi connectivity index (χ0v) is 12.8. The van der Waals surface area contributed by atoms with Crippen molar-refractivity contribution in [1.29, 1.82) is 0 Å². The highest BCUT2D eigenvalue weighted by Gasteiger charge is 2.31. The van der Waals surface area contributed by atoms with Crippen LogP contribution in [0.15, 0.2) is 41.0 Å². The molecule has 0 bridgehead atoms. The molecule has 6 nitrogen and oxygen atoms in total. The quantitative estimate of drug-likeness (QED) is 0.864. The summed E-state index contributed by atoms with van der Waals surface area (Å²) >= 11 is 0. The molecule has 2 N–H and O–H groups in total. The van der Waals surface area contributed by atoms with Crippen LogP contribution in [-0.4, -0.2) is 29.9 Å². The van der Waals surface area contributed by atoms with Gasteiger partial charge in [0.1, 0.15) is 11.3 Å². The number of nitrogens with zero attached hydrogens (tertiary/aromatic N) is 1. The van der Waals surface area contributed by atoms with Gasteiger partial charge in [0.05, 0.1) is 26.0 Å². The van der Waals surface area contributed by atoms with Gasteiger partial charge in [-0.3, -0.25) is 9.69 Å². The van der Waals surface area contributed by atoms with Gasteiger partial charge in [-0.05, 0) is 23.6 Å². The molecule has 0 aliphatic carbocycles. The summed E-state index contributed by atoms with van der Waals surface area (Å²) in [5.74, 6) is -0.366. The van der Waals surface area contributed by atoms with E-state index in [1.807, 2.05) is 29.2 Å². The Morgan fingerprint density at radius 3 is 2.74 bits per heavy atom. The molecule has 1 aliphatic heterocycles. The zero-order valence-electron chi connectivity index (χ0n) is 12.8. The van der Waals surface area contributed by atoms with E-state index in [1.54, 1.807) is 6.07 Å². The predicted octanol–water partition coefficient (Wildman–Crippen LogP) is 1.48. The third-order valence-corrected chi connectivity index (χ3v) is 4.17. The van der Waals surface area contributed by atoms with Crippen molar-refractivity contribution in [1.82, 2.24) is 4.90 Å². The average Bonchev–Trinajstić information content (AvgIpc) is 3.01. The second-order valence-electron chi connectivity index (χ2n) is 5.55. The van der Waals surface area contributed by atoms with Crippen molar-refractivity contribution in [2.45, 2.75) is 25.6 Å². The lowest BCUT2D eigenvalue weighted by Crippen LogP contribution is -2.48. The van der Waals surface area contributed by atoms with E-state index in [9.17, 15) is 9.59 Å². The first-order valence-corrected chi connectivity index (χ1v) is 7.35. The van der Waals surface area contributed by atoms with E-state index in [0.717, 1.165) is 11.1 Å². The zero-order chi connectivity index (χ0) is 16.4. The number of rotatable bonds is 4. The molecule has 6 heteroatoms. The van der Waals surface area contributed by atoms with Gasteiger partial charge in [0, 0.05) is 6.54 Å². The van der Waals surface area contributed by atoms with Gasteiger partial charge in [-0.2, -0.15) is 0 Å². The van der Waals surface area contributed by atoms with Gasteiger partial charge in [0.25, 0.3) is 0 Å². The highest BCUT2D eigenvalue weighted by atomic mass is 16.5. The van der Waals surface area contributed by atoms with E-state index < -0.39 is 12.0 Å². The maximum atomic E-state index is 11.8. The molecule has 1 aromatic carbocycles. The number of furan rings is 1. The first kappa shape index (κ1) is 15.3. The summed E-state index contributed by atoms with van der Waals surface area (Å²) < 4.78 is 10.2. The molecule has 0 saturated heterocycles.